The highest BCUT2D eigenvalue weighted by molar-refractivity contribution is 5.95. The van der Waals surface area contributed by atoms with Gasteiger partial charge in [0.1, 0.15) is 0 Å². The molecular formula is C20H26N4O2. The van der Waals surface area contributed by atoms with Crippen molar-refractivity contribution in [2.75, 3.05) is 31.5 Å². The standard InChI is InChI=1S/C20H26N4O2/c1-14-12-16-13-17(4-5-18(16)21-14)22-19(25)15-6-10-24(11-7-15)20(26)23-8-2-3-9-23/h4-5,12-13,15,21H,2-3,6-11H2,1H3,(H,22,25). The van der Waals surface area contributed by atoms with Crippen LogP contribution in [0.4, 0.5) is 10.5 Å². The molecule has 2 fully saturated rings. The first-order chi connectivity index (χ1) is 12.6. The van der Waals surface area contributed by atoms with Gasteiger partial charge in [0.15, 0.2) is 0 Å². The smallest absolute Gasteiger partial charge is 0.319 e. The molecule has 6 nitrogen and oxygen atoms in total. The highest BCUT2D eigenvalue weighted by Gasteiger charge is 2.30. The maximum atomic E-state index is 12.6. The van der Waals surface area contributed by atoms with Crippen LogP contribution in [0.1, 0.15) is 31.4 Å². The first-order valence-corrected chi connectivity index (χ1v) is 9.54. The van der Waals surface area contributed by atoms with E-state index >= 15 is 0 Å². The number of H-pyrrole nitrogens is 1. The lowest BCUT2D eigenvalue weighted by Crippen LogP contribution is -2.47. The number of piperidine rings is 1. The Morgan fingerprint density at radius 1 is 1.04 bits per heavy atom. The van der Waals surface area contributed by atoms with Crippen molar-refractivity contribution < 1.29 is 9.59 Å². The zero-order valence-electron chi connectivity index (χ0n) is 15.3. The predicted molar refractivity (Wildman–Crippen MR) is 102 cm³/mol. The van der Waals surface area contributed by atoms with Crippen molar-refractivity contribution in [2.24, 2.45) is 5.92 Å². The molecule has 0 unspecified atom stereocenters. The summed E-state index contributed by atoms with van der Waals surface area (Å²) >= 11 is 0. The number of aromatic amines is 1. The minimum atomic E-state index is -0.0266. The second kappa shape index (κ2) is 7.02. The summed E-state index contributed by atoms with van der Waals surface area (Å²) in [5.41, 5.74) is 3.02. The van der Waals surface area contributed by atoms with Crippen LogP contribution in [0.15, 0.2) is 24.3 Å². The van der Waals surface area contributed by atoms with Crippen LogP contribution in [0.2, 0.25) is 0 Å². The number of fused-ring (bicyclic) bond motifs is 1. The van der Waals surface area contributed by atoms with Crippen molar-refractivity contribution in [3.8, 4) is 0 Å². The van der Waals surface area contributed by atoms with Crippen LogP contribution in [0.25, 0.3) is 10.9 Å². The van der Waals surface area contributed by atoms with Gasteiger partial charge in [0.2, 0.25) is 5.91 Å². The van der Waals surface area contributed by atoms with Gasteiger partial charge in [-0.2, -0.15) is 0 Å². The number of likely N-dealkylation sites (tertiary alicyclic amines) is 2. The van der Waals surface area contributed by atoms with Gasteiger partial charge in [-0.3, -0.25) is 4.79 Å². The van der Waals surface area contributed by atoms with Gasteiger partial charge in [-0.1, -0.05) is 0 Å². The van der Waals surface area contributed by atoms with E-state index in [9.17, 15) is 9.59 Å². The third-order valence-electron chi connectivity index (χ3n) is 5.54. The van der Waals surface area contributed by atoms with Gasteiger partial charge < -0.3 is 20.1 Å². The number of carbonyl (C=O) groups is 2. The molecule has 0 saturated carbocycles. The molecule has 26 heavy (non-hydrogen) atoms. The topological polar surface area (TPSA) is 68.4 Å². The van der Waals surface area contributed by atoms with Gasteiger partial charge >= 0.3 is 6.03 Å². The lowest BCUT2D eigenvalue weighted by atomic mass is 9.96. The molecule has 2 aliphatic rings. The number of hydrogen-bond donors (Lipinski definition) is 2. The lowest BCUT2D eigenvalue weighted by Gasteiger charge is -2.34. The fourth-order valence-electron chi connectivity index (χ4n) is 4.04. The van der Waals surface area contributed by atoms with Crippen molar-refractivity contribution in [1.82, 2.24) is 14.8 Å². The number of urea groups is 1. The Hall–Kier alpha value is -2.50. The van der Waals surface area contributed by atoms with E-state index in [2.05, 4.69) is 16.4 Å². The average molecular weight is 354 g/mol. The molecule has 3 heterocycles. The van der Waals surface area contributed by atoms with E-state index < -0.39 is 0 Å². The molecule has 1 aromatic heterocycles. The van der Waals surface area contributed by atoms with E-state index in [0.717, 1.165) is 61.1 Å². The molecular weight excluding hydrogens is 328 g/mol. The van der Waals surface area contributed by atoms with Crippen molar-refractivity contribution in [3.63, 3.8) is 0 Å². The summed E-state index contributed by atoms with van der Waals surface area (Å²) in [6, 6.07) is 8.16. The maximum Gasteiger partial charge on any atom is 0.319 e. The Kier molecular flexibility index (Phi) is 4.57. The molecule has 4 rings (SSSR count). The number of nitrogens with one attached hydrogen (secondary N) is 2. The third kappa shape index (κ3) is 3.41. The number of aromatic nitrogens is 1. The molecule has 0 atom stereocenters. The average Bonchev–Trinajstić information content (AvgIpc) is 3.29. The first kappa shape index (κ1) is 16.9. The molecule has 2 aromatic rings. The Balaban J connectivity index is 1.33. The molecule has 2 saturated heterocycles. The largest absolute Gasteiger partial charge is 0.359 e. The van der Waals surface area contributed by atoms with Crippen LogP contribution in [0.5, 0.6) is 0 Å². The molecule has 6 heteroatoms. The van der Waals surface area contributed by atoms with Crippen molar-refractivity contribution in [1.29, 1.82) is 0 Å². The summed E-state index contributed by atoms with van der Waals surface area (Å²) in [6.07, 6.45) is 3.68. The molecule has 3 amide bonds. The highest BCUT2D eigenvalue weighted by Crippen LogP contribution is 2.24. The van der Waals surface area contributed by atoms with E-state index in [1.54, 1.807) is 0 Å². The molecule has 0 aliphatic carbocycles. The zero-order chi connectivity index (χ0) is 18.1. The van der Waals surface area contributed by atoms with Gasteiger partial charge in [0.25, 0.3) is 0 Å². The van der Waals surface area contributed by atoms with Crippen molar-refractivity contribution >= 4 is 28.5 Å². The number of nitrogens with zero attached hydrogens (tertiary/aromatic N) is 2. The van der Waals surface area contributed by atoms with Crippen molar-refractivity contribution in [2.45, 2.75) is 32.6 Å². The van der Waals surface area contributed by atoms with Gasteiger partial charge in [-0.25, -0.2) is 4.79 Å². The number of benzene rings is 1. The highest BCUT2D eigenvalue weighted by atomic mass is 16.2. The summed E-state index contributed by atoms with van der Waals surface area (Å²) < 4.78 is 0. The van der Waals surface area contributed by atoms with Gasteiger partial charge in [-0.15, -0.1) is 0 Å². The summed E-state index contributed by atoms with van der Waals surface area (Å²) in [5.74, 6) is 0.0335. The number of amides is 3. The molecule has 0 radical (unpaired) electrons. The summed E-state index contributed by atoms with van der Waals surface area (Å²) in [7, 11) is 0. The SMILES string of the molecule is Cc1cc2cc(NC(=O)C3CCN(C(=O)N4CCCC4)CC3)ccc2[nH]1. The minimum absolute atomic E-state index is 0.0266. The van der Waals surface area contributed by atoms with E-state index in [1.807, 2.05) is 34.9 Å². The van der Waals surface area contributed by atoms with Crippen LogP contribution in [-0.2, 0) is 4.79 Å². The van der Waals surface area contributed by atoms with E-state index in [0.29, 0.717) is 13.1 Å². The van der Waals surface area contributed by atoms with Crippen molar-refractivity contribution in [3.05, 3.63) is 30.0 Å². The van der Waals surface area contributed by atoms with E-state index in [1.165, 1.54) is 0 Å². The fraction of sp³-hybridized carbons (Fsp3) is 0.500. The molecule has 1 aromatic carbocycles. The van der Waals surface area contributed by atoms with Crippen LogP contribution in [0.3, 0.4) is 0 Å². The summed E-state index contributed by atoms with van der Waals surface area (Å²) in [5, 5.41) is 4.15. The molecule has 0 spiro atoms. The normalized spacial score (nSPS) is 18.5. The molecule has 0 bridgehead atoms. The number of hydrogen-bond acceptors (Lipinski definition) is 2. The summed E-state index contributed by atoms with van der Waals surface area (Å²) in [6.45, 7) is 5.11. The minimum Gasteiger partial charge on any atom is -0.359 e. The number of aryl methyl sites for hydroxylation is 1. The predicted octanol–water partition coefficient (Wildman–Crippen LogP) is 3.34. The van der Waals surface area contributed by atoms with Gasteiger partial charge in [0.05, 0.1) is 0 Å². The van der Waals surface area contributed by atoms with Crippen LogP contribution in [-0.4, -0.2) is 52.9 Å². The lowest BCUT2D eigenvalue weighted by molar-refractivity contribution is -0.121. The van der Waals surface area contributed by atoms with Gasteiger partial charge in [0, 0.05) is 54.4 Å². The number of anilines is 1. The fourth-order valence-corrected chi connectivity index (χ4v) is 4.04. The third-order valence-corrected chi connectivity index (χ3v) is 5.54. The number of rotatable bonds is 2. The van der Waals surface area contributed by atoms with E-state index in [-0.39, 0.29) is 17.9 Å². The second-order valence-electron chi connectivity index (χ2n) is 7.48. The Morgan fingerprint density at radius 3 is 2.46 bits per heavy atom. The first-order valence-electron chi connectivity index (χ1n) is 9.54. The van der Waals surface area contributed by atoms with Crippen LogP contribution >= 0.6 is 0 Å². The summed E-state index contributed by atoms with van der Waals surface area (Å²) in [4.78, 5) is 32.2. The van der Waals surface area contributed by atoms with Crippen LogP contribution in [0, 0.1) is 12.8 Å². The molecule has 138 valence electrons. The number of carbonyl (C=O) groups excluding carboxylic acids is 2. The van der Waals surface area contributed by atoms with Gasteiger partial charge in [-0.05, 0) is 56.9 Å². The monoisotopic (exact) mass is 354 g/mol. The molecule has 2 N–H and O–H groups in total. The maximum absolute atomic E-state index is 12.6. The Labute approximate surface area is 153 Å². The van der Waals surface area contributed by atoms with E-state index in [4.69, 9.17) is 0 Å². The molecule has 2 aliphatic heterocycles. The Morgan fingerprint density at radius 2 is 1.73 bits per heavy atom. The van der Waals surface area contributed by atoms with Crippen LogP contribution < -0.4 is 5.32 Å². The zero-order valence-corrected chi connectivity index (χ0v) is 15.3. The Bertz CT molecular complexity index is 814. The second-order valence-corrected chi connectivity index (χ2v) is 7.48. The quantitative estimate of drug-likeness (QED) is 0.868.